The molecule has 0 amide bonds. The molecule has 0 aromatic carbocycles. The monoisotopic (exact) mass is 214 g/mol. The molecule has 2 saturated heterocycles. The first kappa shape index (κ1) is 10.8. The number of nitrogens with one attached hydrogen (secondary N) is 1. The molecule has 0 aromatic rings. The second-order valence-electron chi connectivity index (χ2n) is 4.77. The van der Waals surface area contributed by atoms with E-state index in [2.05, 4.69) is 35.8 Å². The van der Waals surface area contributed by atoms with Gasteiger partial charge in [0.05, 0.1) is 0 Å². The first-order valence-corrected chi connectivity index (χ1v) is 6.98. The van der Waals surface area contributed by atoms with Crippen molar-refractivity contribution in [1.82, 2.24) is 10.2 Å². The molecule has 0 aliphatic carbocycles. The quantitative estimate of drug-likeness (QED) is 0.748. The van der Waals surface area contributed by atoms with Crippen LogP contribution in [0.1, 0.15) is 20.3 Å². The van der Waals surface area contributed by atoms with Gasteiger partial charge in [-0.15, -0.1) is 0 Å². The van der Waals surface area contributed by atoms with Gasteiger partial charge in [-0.1, -0.05) is 13.8 Å². The maximum absolute atomic E-state index is 3.52. The van der Waals surface area contributed by atoms with Gasteiger partial charge in [0, 0.05) is 37.5 Å². The van der Waals surface area contributed by atoms with E-state index in [-0.39, 0.29) is 0 Å². The van der Waals surface area contributed by atoms with Crippen molar-refractivity contribution in [3.8, 4) is 0 Å². The molecule has 2 heterocycles. The Morgan fingerprint density at radius 3 is 2.93 bits per heavy atom. The van der Waals surface area contributed by atoms with Crippen molar-refractivity contribution in [2.45, 2.75) is 32.4 Å². The Morgan fingerprint density at radius 1 is 1.43 bits per heavy atom. The maximum Gasteiger partial charge on any atom is 0.0247 e. The fourth-order valence-electron chi connectivity index (χ4n) is 2.60. The lowest BCUT2D eigenvalue weighted by atomic mass is 9.98. The predicted molar refractivity (Wildman–Crippen MR) is 63.9 cm³/mol. The van der Waals surface area contributed by atoms with Gasteiger partial charge in [0.25, 0.3) is 0 Å². The topological polar surface area (TPSA) is 15.3 Å². The lowest BCUT2D eigenvalue weighted by molar-refractivity contribution is 0.0876. The smallest absolute Gasteiger partial charge is 0.0247 e. The molecule has 2 unspecified atom stereocenters. The first-order chi connectivity index (χ1) is 6.79. The average molecular weight is 214 g/mol. The van der Waals surface area contributed by atoms with E-state index in [9.17, 15) is 0 Å². The molecule has 0 aromatic heterocycles. The van der Waals surface area contributed by atoms with Gasteiger partial charge in [0.1, 0.15) is 0 Å². The zero-order valence-corrected chi connectivity index (χ0v) is 10.1. The minimum Gasteiger partial charge on any atom is -0.314 e. The summed E-state index contributed by atoms with van der Waals surface area (Å²) in [5, 5.41) is 3.52. The summed E-state index contributed by atoms with van der Waals surface area (Å²) >= 11 is 2.13. The third-order valence-corrected chi connectivity index (χ3v) is 4.62. The standard InChI is InChI=1S/C11H22N2S/c1-9(2)11-7-12-4-5-13(11)10-3-6-14-8-10/h9-12H,3-8H2,1-2H3. The summed E-state index contributed by atoms with van der Waals surface area (Å²) in [5.41, 5.74) is 0. The number of rotatable bonds is 2. The van der Waals surface area contributed by atoms with Crippen LogP contribution in [0, 0.1) is 5.92 Å². The van der Waals surface area contributed by atoms with Gasteiger partial charge < -0.3 is 5.32 Å². The second-order valence-corrected chi connectivity index (χ2v) is 5.92. The highest BCUT2D eigenvalue weighted by molar-refractivity contribution is 7.99. The van der Waals surface area contributed by atoms with Crippen LogP contribution >= 0.6 is 11.8 Å². The summed E-state index contributed by atoms with van der Waals surface area (Å²) in [6.45, 7) is 8.34. The summed E-state index contributed by atoms with van der Waals surface area (Å²) in [5.74, 6) is 3.52. The third kappa shape index (κ3) is 2.26. The SMILES string of the molecule is CC(C)C1CNCCN1C1CCSC1. The second kappa shape index (κ2) is 4.86. The van der Waals surface area contributed by atoms with Crippen molar-refractivity contribution >= 4 is 11.8 Å². The van der Waals surface area contributed by atoms with Gasteiger partial charge in [-0.05, 0) is 18.1 Å². The van der Waals surface area contributed by atoms with Crippen LogP contribution in [0.4, 0.5) is 0 Å². The molecule has 2 aliphatic rings. The molecule has 1 N–H and O–H groups in total. The average Bonchev–Trinajstić information content (AvgIpc) is 2.70. The number of piperazine rings is 1. The van der Waals surface area contributed by atoms with E-state index in [1.165, 1.54) is 37.6 Å². The fraction of sp³-hybridized carbons (Fsp3) is 1.00. The van der Waals surface area contributed by atoms with Gasteiger partial charge >= 0.3 is 0 Å². The molecule has 0 radical (unpaired) electrons. The molecule has 2 nitrogen and oxygen atoms in total. The van der Waals surface area contributed by atoms with Crippen molar-refractivity contribution in [2.75, 3.05) is 31.1 Å². The lowest BCUT2D eigenvalue weighted by Crippen LogP contribution is -2.57. The molecule has 0 spiro atoms. The van der Waals surface area contributed by atoms with E-state index in [1.807, 2.05) is 0 Å². The zero-order valence-electron chi connectivity index (χ0n) is 9.33. The lowest BCUT2D eigenvalue weighted by Gasteiger charge is -2.42. The Hall–Kier alpha value is 0.270. The van der Waals surface area contributed by atoms with Crippen LogP contribution < -0.4 is 5.32 Å². The molecule has 2 rings (SSSR count). The van der Waals surface area contributed by atoms with Gasteiger partial charge in [-0.2, -0.15) is 11.8 Å². The molecule has 2 aliphatic heterocycles. The van der Waals surface area contributed by atoms with E-state index in [4.69, 9.17) is 0 Å². The Balaban J connectivity index is 1.98. The van der Waals surface area contributed by atoms with Crippen molar-refractivity contribution in [1.29, 1.82) is 0 Å². The van der Waals surface area contributed by atoms with Crippen molar-refractivity contribution < 1.29 is 0 Å². The first-order valence-electron chi connectivity index (χ1n) is 5.83. The number of hydrogen-bond acceptors (Lipinski definition) is 3. The maximum atomic E-state index is 3.52. The zero-order chi connectivity index (χ0) is 9.97. The summed E-state index contributed by atoms with van der Waals surface area (Å²) in [7, 11) is 0. The summed E-state index contributed by atoms with van der Waals surface area (Å²) < 4.78 is 0. The molecular weight excluding hydrogens is 192 g/mol. The van der Waals surface area contributed by atoms with Gasteiger partial charge in [0.2, 0.25) is 0 Å². The number of thioether (sulfide) groups is 1. The molecule has 0 bridgehead atoms. The third-order valence-electron chi connectivity index (χ3n) is 3.47. The van der Waals surface area contributed by atoms with Crippen molar-refractivity contribution in [3.05, 3.63) is 0 Å². The van der Waals surface area contributed by atoms with Crippen LogP contribution in [-0.2, 0) is 0 Å². The highest BCUT2D eigenvalue weighted by atomic mass is 32.2. The summed E-state index contributed by atoms with van der Waals surface area (Å²) in [4.78, 5) is 2.77. The van der Waals surface area contributed by atoms with Gasteiger partial charge in [-0.3, -0.25) is 4.90 Å². The van der Waals surface area contributed by atoms with Gasteiger partial charge in [0.15, 0.2) is 0 Å². The molecule has 82 valence electrons. The molecule has 14 heavy (non-hydrogen) atoms. The Kier molecular flexibility index (Phi) is 3.74. The van der Waals surface area contributed by atoms with Crippen LogP contribution in [0.3, 0.4) is 0 Å². The van der Waals surface area contributed by atoms with Crippen molar-refractivity contribution in [3.63, 3.8) is 0 Å². The summed E-state index contributed by atoms with van der Waals surface area (Å²) in [6.07, 6.45) is 1.41. The highest BCUT2D eigenvalue weighted by Crippen LogP contribution is 2.26. The molecular formula is C11H22N2S. The van der Waals surface area contributed by atoms with Crippen LogP contribution in [-0.4, -0.2) is 48.1 Å². The molecule has 0 saturated carbocycles. The van der Waals surface area contributed by atoms with Crippen LogP contribution in [0.2, 0.25) is 0 Å². The van der Waals surface area contributed by atoms with Crippen LogP contribution in [0.5, 0.6) is 0 Å². The highest BCUT2D eigenvalue weighted by Gasteiger charge is 2.32. The molecule has 3 heteroatoms. The minimum atomic E-state index is 0.771. The normalized spacial score (nSPS) is 35.4. The van der Waals surface area contributed by atoms with E-state index in [0.29, 0.717) is 0 Å². The van der Waals surface area contributed by atoms with Crippen molar-refractivity contribution in [2.24, 2.45) is 5.92 Å². The van der Waals surface area contributed by atoms with Crippen LogP contribution in [0.15, 0.2) is 0 Å². The van der Waals surface area contributed by atoms with E-state index in [0.717, 1.165) is 18.0 Å². The largest absolute Gasteiger partial charge is 0.314 e. The van der Waals surface area contributed by atoms with E-state index in [1.54, 1.807) is 0 Å². The van der Waals surface area contributed by atoms with Gasteiger partial charge in [-0.25, -0.2) is 0 Å². The Bertz CT molecular complexity index is 178. The number of hydrogen-bond donors (Lipinski definition) is 1. The van der Waals surface area contributed by atoms with Crippen LogP contribution in [0.25, 0.3) is 0 Å². The van der Waals surface area contributed by atoms with E-state index < -0.39 is 0 Å². The van der Waals surface area contributed by atoms with E-state index >= 15 is 0 Å². The fourth-order valence-corrected chi connectivity index (χ4v) is 3.83. The molecule has 2 fully saturated rings. The Morgan fingerprint density at radius 2 is 2.29 bits per heavy atom. The number of nitrogens with zero attached hydrogens (tertiary/aromatic N) is 1. The molecule has 2 atom stereocenters. The Labute approximate surface area is 91.8 Å². The minimum absolute atomic E-state index is 0.771. The summed E-state index contributed by atoms with van der Waals surface area (Å²) in [6, 6.07) is 1.64. The predicted octanol–water partition coefficient (Wildman–Crippen LogP) is 1.42.